The van der Waals surface area contributed by atoms with Gasteiger partial charge in [0.25, 0.3) is 0 Å². The van der Waals surface area contributed by atoms with E-state index in [1.165, 1.54) is 26.0 Å². The third-order valence-corrected chi connectivity index (χ3v) is 5.85. The number of carboxylic acid groups (broad SMARTS) is 1. The van der Waals surface area contributed by atoms with Gasteiger partial charge in [-0.3, -0.25) is 0 Å². The highest BCUT2D eigenvalue weighted by Gasteiger charge is 2.30. The maximum absolute atomic E-state index is 12.9. The number of alkyl halides is 3. The molecule has 0 atom stereocenters. The van der Waals surface area contributed by atoms with Gasteiger partial charge in [0.05, 0.1) is 31.6 Å². The number of aromatic nitrogens is 3. The van der Waals surface area contributed by atoms with Gasteiger partial charge < -0.3 is 34.4 Å². The predicted octanol–water partition coefficient (Wildman–Crippen LogP) is 5.80. The van der Waals surface area contributed by atoms with Crippen molar-refractivity contribution in [2.75, 3.05) is 23.8 Å². The molecule has 0 aliphatic heterocycles. The Hall–Kier alpha value is -5.01. The normalized spacial score (nSPS) is 11.6. The number of benzene rings is 2. The molecule has 228 valence electrons. The molecule has 0 spiro atoms. The zero-order valence-corrected chi connectivity index (χ0v) is 23.4. The van der Waals surface area contributed by atoms with Crippen molar-refractivity contribution in [3.8, 4) is 17.5 Å². The number of carbonyl (C=O) groups is 1. The Morgan fingerprint density at radius 2 is 1.49 bits per heavy atom. The second kappa shape index (κ2) is 13.8. The largest absolute Gasteiger partial charge is 0.493 e. The lowest BCUT2D eigenvalue weighted by Gasteiger charge is -2.21. The number of rotatable bonds is 15. The highest BCUT2D eigenvalue weighted by Crippen LogP contribution is 2.29. The number of carboxylic acids is 1. The van der Waals surface area contributed by atoms with Crippen molar-refractivity contribution < 1.29 is 41.7 Å². The average molecular weight is 602 g/mol. The first-order chi connectivity index (χ1) is 20.5. The molecule has 0 bridgehead atoms. The van der Waals surface area contributed by atoms with Gasteiger partial charge >= 0.3 is 18.2 Å². The van der Waals surface area contributed by atoms with Crippen LogP contribution < -0.4 is 24.8 Å². The van der Waals surface area contributed by atoms with Gasteiger partial charge in [0.15, 0.2) is 5.60 Å². The van der Waals surface area contributed by atoms with Crippen molar-refractivity contribution in [1.82, 2.24) is 15.0 Å². The first kappa shape index (κ1) is 30.9. The first-order valence-corrected chi connectivity index (χ1v) is 13.2. The van der Waals surface area contributed by atoms with Crippen LogP contribution in [0.25, 0.3) is 0 Å². The number of nitrogens with zero attached hydrogens (tertiary/aromatic N) is 3. The maximum atomic E-state index is 12.9. The molecule has 2 aromatic carbocycles. The molecule has 2 aromatic heterocycles. The van der Waals surface area contributed by atoms with E-state index in [2.05, 4.69) is 25.6 Å². The minimum Gasteiger partial charge on any atom is -0.493 e. The Kier molecular flexibility index (Phi) is 9.91. The van der Waals surface area contributed by atoms with Gasteiger partial charge in [-0.05, 0) is 67.9 Å². The summed E-state index contributed by atoms with van der Waals surface area (Å²) in [5, 5.41) is 15.2. The van der Waals surface area contributed by atoms with Gasteiger partial charge in [-0.25, -0.2) is 4.79 Å². The Morgan fingerprint density at radius 3 is 2.09 bits per heavy atom. The molecular formula is C29H30F3N5O6. The lowest BCUT2D eigenvalue weighted by molar-refractivity contribution is -0.152. The summed E-state index contributed by atoms with van der Waals surface area (Å²) >= 11 is 0. The van der Waals surface area contributed by atoms with Gasteiger partial charge in [0.2, 0.25) is 11.9 Å². The van der Waals surface area contributed by atoms with Crippen molar-refractivity contribution in [3.05, 3.63) is 83.8 Å². The Morgan fingerprint density at radius 1 is 0.860 bits per heavy atom. The summed E-state index contributed by atoms with van der Waals surface area (Å²) in [5.74, 6) is 0.923. The fourth-order valence-corrected chi connectivity index (χ4v) is 3.51. The molecule has 4 rings (SSSR count). The van der Waals surface area contributed by atoms with Crippen molar-refractivity contribution >= 4 is 17.9 Å². The molecule has 0 aliphatic rings. The Bertz CT molecular complexity index is 1460. The van der Waals surface area contributed by atoms with Crippen LogP contribution in [0.15, 0.2) is 71.3 Å². The number of anilines is 2. The van der Waals surface area contributed by atoms with Crippen LogP contribution >= 0.6 is 0 Å². The number of ether oxygens (including phenoxy) is 3. The minimum atomic E-state index is -4.41. The monoisotopic (exact) mass is 601 g/mol. The van der Waals surface area contributed by atoms with Gasteiger partial charge in [-0.2, -0.15) is 28.1 Å². The highest BCUT2D eigenvalue weighted by molar-refractivity contribution is 5.76. The van der Waals surface area contributed by atoms with Crippen molar-refractivity contribution in [1.29, 1.82) is 0 Å². The minimum absolute atomic E-state index is 0.0365. The van der Waals surface area contributed by atoms with Crippen LogP contribution in [-0.2, 0) is 24.1 Å². The summed E-state index contributed by atoms with van der Waals surface area (Å²) in [6, 6.07) is 14.9. The molecule has 3 N–H and O–H groups in total. The van der Waals surface area contributed by atoms with E-state index in [-0.39, 0.29) is 31.1 Å². The topological polar surface area (TPSA) is 141 Å². The molecule has 14 heteroatoms. The molecule has 11 nitrogen and oxygen atoms in total. The SMILES string of the molecule is CC(C)(Oc1ccc(OCCCOc2nc(NCc3ccc(C(F)(F)F)cc3)nc(NCc3ccco3)n2)cc1)C(=O)O. The van der Waals surface area contributed by atoms with Crippen LogP contribution in [0.4, 0.5) is 25.1 Å². The molecule has 0 unspecified atom stereocenters. The van der Waals surface area contributed by atoms with Gasteiger partial charge in [-0.1, -0.05) is 12.1 Å². The molecule has 0 amide bonds. The van der Waals surface area contributed by atoms with Crippen LogP contribution in [0.3, 0.4) is 0 Å². The molecule has 0 saturated carbocycles. The fourth-order valence-electron chi connectivity index (χ4n) is 3.51. The summed E-state index contributed by atoms with van der Waals surface area (Å²) in [7, 11) is 0. The molecule has 4 aromatic rings. The molecule has 0 saturated heterocycles. The Labute approximate surface area is 245 Å². The molecule has 0 aliphatic carbocycles. The predicted molar refractivity (Wildman–Crippen MR) is 149 cm³/mol. The van der Waals surface area contributed by atoms with Crippen molar-refractivity contribution in [2.45, 2.75) is 45.1 Å². The van der Waals surface area contributed by atoms with E-state index in [1.807, 2.05) is 0 Å². The van der Waals surface area contributed by atoms with Crippen LogP contribution in [0.5, 0.6) is 17.5 Å². The van der Waals surface area contributed by atoms with Crippen LogP contribution in [0.2, 0.25) is 0 Å². The van der Waals surface area contributed by atoms with Crippen LogP contribution in [0.1, 0.15) is 37.2 Å². The second-order valence-electron chi connectivity index (χ2n) is 9.69. The van der Waals surface area contributed by atoms with Gasteiger partial charge in [0.1, 0.15) is 17.3 Å². The van der Waals surface area contributed by atoms with Gasteiger partial charge in [0, 0.05) is 13.0 Å². The van der Waals surface area contributed by atoms with E-state index in [9.17, 15) is 23.1 Å². The number of aliphatic carboxylic acids is 1. The number of hydrogen-bond donors (Lipinski definition) is 3. The number of furan rings is 1. The molecule has 43 heavy (non-hydrogen) atoms. The number of nitrogens with one attached hydrogen (secondary N) is 2. The van der Waals surface area contributed by atoms with E-state index < -0.39 is 23.3 Å². The van der Waals surface area contributed by atoms with Crippen LogP contribution in [-0.4, -0.2) is 44.8 Å². The average Bonchev–Trinajstić information content (AvgIpc) is 3.49. The summed E-state index contributed by atoms with van der Waals surface area (Å²) in [4.78, 5) is 24.1. The number of halogens is 3. The number of hydrogen-bond acceptors (Lipinski definition) is 10. The van der Waals surface area contributed by atoms with Crippen LogP contribution in [0, 0.1) is 0 Å². The smallest absolute Gasteiger partial charge is 0.416 e. The standard InChI is InChI=1S/C29H30F3N5O6/c1-28(2,24(38)39)43-22-12-10-21(11-13-22)40-15-4-16-42-27-36-25(35-26(37-27)34-18-23-5-3-14-41-23)33-17-19-6-8-20(9-7-19)29(30,31)32/h3,5-14H,4,15-18H2,1-2H3,(H,38,39)(H2,33,34,35,36,37). The maximum Gasteiger partial charge on any atom is 0.416 e. The fraction of sp³-hybridized carbons (Fsp3) is 0.310. The lowest BCUT2D eigenvalue weighted by atomic mass is 10.1. The Balaban J connectivity index is 1.31. The quantitative estimate of drug-likeness (QED) is 0.142. The lowest BCUT2D eigenvalue weighted by Crippen LogP contribution is -2.37. The van der Waals surface area contributed by atoms with Crippen molar-refractivity contribution in [3.63, 3.8) is 0 Å². The summed E-state index contributed by atoms with van der Waals surface area (Å²) in [6.07, 6.45) is -2.38. The molecule has 2 heterocycles. The third kappa shape index (κ3) is 9.51. The summed E-state index contributed by atoms with van der Waals surface area (Å²) in [6.45, 7) is 3.93. The van der Waals surface area contributed by atoms with E-state index in [1.54, 1.807) is 42.7 Å². The zero-order chi connectivity index (χ0) is 30.9. The van der Waals surface area contributed by atoms with E-state index in [0.29, 0.717) is 42.4 Å². The van der Waals surface area contributed by atoms with Gasteiger partial charge in [-0.15, -0.1) is 0 Å². The molecular weight excluding hydrogens is 571 g/mol. The van der Waals surface area contributed by atoms with E-state index in [4.69, 9.17) is 18.6 Å². The summed E-state index contributed by atoms with van der Waals surface area (Å²) in [5.41, 5.74) is -1.49. The van der Waals surface area contributed by atoms with E-state index >= 15 is 0 Å². The first-order valence-electron chi connectivity index (χ1n) is 13.2. The molecule has 0 fully saturated rings. The molecule has 0 radical (unpaired) electrons. The summed E-state index contributed by atoms with van der Waals surface area (Å²) < 4.78 is 60.8. The van der Waals surface area contributed by atoms with E-state index in [0.717, 1.165) is 12.1 Å². The third-order valence-electron chi connectivity index (χ3n) is 5.85. The van der Waals surface area contributed by atoms with Crippen molar-refractivity contribution in [2.24, 2.45) is 0 Å². The highest BCUT2D eigenvalue weighted by atomic mass is 19.4. The zero-order valence-electron chi connectivity index (χ0n) is 23.4. The second-order valence-corrected chi connectivity index (χ2v) is 9.69.